The molecule has 0 fully saturated rings. The number of hydrogen-bond acceptors (Lipinski definition) is 4. The molecule has 0 aliphatic heterocycles. The van der Waals surface area contributed by atoms with Gasteiger partial charge in [0, 0.05) is 11.6 Å². The van der Waals surface area contributed by atoms with Crippen LogP contribution in [0, 0.1) is 18.6 Å². The van der Waals surface area contributed by atoms with Gasteiger partial charge in [-0.2, -0.15) is 0 Å². The second-order valence-corrected chi connectivity index (χ2v) is 6.20. The predicted octanol–water partition coefficient (Wildman–Crippen LogP) is 4.71. The van der Waals surface area contributed by atoms with Crippen molar-refractivity contribution in [3.63, 3.8) is 0 Å². The summed E-state index contributed by atoms with van der Waals surface area (Å²) in [7, 11) is 0. The highest BCUT2D eigenvalue weighted by Crippen LogP contribution is 2.27. The fraction of sp³-hybridized carbons (Fsp3) is 0.0556. The molecule has 136 valence electrons. The Morgan fingerprint density at radius 1 is 1.22 bits per heavy atom. The van der Waals surface area contributed by atoms with Crippen molar-refractivity contribution in [1.82, 2.24) is 15.1 Å². The van der Waals surface area contributed by atoms with Crippen LogP contribution in [0.25, 0.3) is 22.3 Å². The summed E-state index contributed by atoms with van der Waals surface area (Å²) in [5.41, 5.74) is 1.77. The third-order valence-electron chi connectivity index (χ3n) is 3.96. The van der Waals surface area contributed by atoms with E-state index in [1.807, 2.05) is 0 Å². The number of carbonyl (C=O) groups excluding carboxylic acids is 1. The molecular formula is C18H11ClF2N4O2. The highest BCUT2D eigenvalue weighted by Gasteiger charge is 2.22. The molecule has 0 saturated heterocycles. The summed E-state index contributed by atoms with van der Waals surface area (Å²) in [5.74, 6) is -1.13. The average Bonchev–Trinajstić information content (AvgIpc) is 3.19. The van der Waals surface area contributed by atoms with E-state index >= 15 is 0 Å². The molecule has 0 radical (unpaired) electrons. The molecule has 2 heterocycles. The number of H-pyrrole nitrogens is 1. The molecule has 0 atom stereocenters. The molecule has 0 unspecified atom stereocenters. The largest absolute Gasteiger partial charge is 0.360 e. The van der Waals surface area contributed by atoms with Gasteiger partial charge in [-0.1, -0.05) is 16.8 Å². The molecule has 4 rings (SSSR count). The summed E-state index contributed by atoms with van der Waals surface area (Å²) < 4.78 is 31.8. The number of fused-ring (bicyclic) bond motifs is 1. The SMILES string of the molecule is Cc1onc(-c2ccc(F)cc2)c1C(=O)Nc1nc2cc(Cl)c(F)cc2[nH]1. The van der Waals surface area contributed by atoms with Crippen molar-refractivity contribution in [2.24, 2.45) is 0 Å². The number of aryl methyl sites for hydroxylation is 1. The molecule has 0 saturated carbocycles. The highest BCUT2D eigenvalue weighted by molar-refractivity contribution is 6.31. The standard InChI is InChI=1S/C18H11ClF2N4O2/c1-8-15(16(25-27-8)9-2-4-10(20)5-3-9)17(26)24-18-22-13-6-11(19)12(21)7-14(13)23-18/h2-7H,1H3,(H2,22,23,24,26). The smallest absolute Gasteiger partial charge is 0.263 e. The first-order chi connectivity index (χ1) is 12.9. The van der Waals surface area contributed by atoms with Crippen LogP contribution < -0.4 is 5.32 Å². The van der Waals surface area contributed by atoms with Gasteiger partial charge in [-0.05, 0) is 37.3 Å². The summed E-state index contributed by atoms with van der Waals surface area (Å²) in [6.07, 6.45) is 0. The predicted molar refractivity (Wildman–Crippen MR) is 95.6 cm³/mol. The van der Waals surface area contributed by atoms with Gasteiger partial charge in [0.25, 0.3) is 5.91 Å². The maximum atomic E-state index is 13.6. The fourth-order valence-electron chi connectivity index (χ4n) is 2.68. The Hall–Kier alpha value is -3.26. The first-order valence-electron chi connectivity index (χ1n) is 7.80. The fourth-order valence-corrected chi connectivity index (χ4v) is 2.84. The lowest BCUT2D eigenvalue weighted by Gasteiger charge is -2.03. The Balaban J connectivity index is 1.68. The minimum Gasteiger partial charge on any atom is -0.360 e. The second-order valence-electron chi connectivity index (χ2n) is 5.79. The van der Waals surface area contributed by atoms with Crippen LogP contribution >= 0.6 is 11.6 Å². The Bertz CT molecular complexity index is 1130. The molecule has 1 amide bonds. The number of aromatic amines is 1. The number of carbonyl (C=O) groups is 1. The molecule has 2 aromatic heterocycles. The number of imidazole rings is 1. The topological polar surface area (TPSA) is 83.8 Å². The van der Waals surface area contributed by atoms with E-state index in [0.29, 0.717) is 16.6 Å². The van der Waals surface area contributed by atoms with Crippen LogP contribution in [-0.4, -0.2) is 21.0 Å². The number of nitrogens with one attached hydrogen (secondary N) is 2. The third-order valence-corrected chi connectivity index (χ3v) is 4.25. The number of anilines is 1. The van der Waals surface area contributed by atoms with E-state index < -0.39 is 17.5 Å². The van der Waals surface area contributed by atoms with Gasteiger partial charge in [0.15, 0.2) is 0 Å². The number of rotatable bonds is 3. The molecule has 0 spiro atoms. The van der Waals surface area contributed by atoms with Crippen LogP contribution in [0.1, 0.15) is 16.1 Å². The minimum absolute atomic E-state index is 0.0691. The van der Waals surface area contributed by atoms with Gasteiger partial charge in [-0.3, -0.25) is 10.1 Å². The summed E-state index contributed by atoms with van der Waals surface area (Å²) >= 11 is 5.74. The molecule has 0 aliphatic rings. The molecule has 0 aliphatic carbocycles. The first-order valence-corrected chi connectivity index (χ1v) is 8.18. The number of aromatic nitrogens is 3. The molecule has 9 heteroatoms. The zero-order chi connectivity index (χ0) is 19.1. The minimum atomic E-state index is -0.598. The number of halogens is 3. The lowest BCUT2D eigenvalue weighted by molar-refractivity contribution is 0.102. The highest BCUT2D eigenvalue weighted by atomic mass is 35.5. The summed E-state index contributed by atoms with van der Waals surface area (Å²) in [5, 5.41) is 6.41. The van der Waals surface area contributed by atoms with E-state index in [0.717, 1.165) is 0 Å². The monoisotopic (exact) mass is 388 g/mol. The lowest BCUT2D eigenvalue weighted by atomic mass is 10.1. The van der Waals surface area contributed by atoms with E-state index in [1.165, 1.54) is 36.4 Å². The first kappa shape index (κ1) is 17.2. The van der Waals surface area contributed by atoms with Crippen molar-refractivity contribution in [2.45, 2.75) is 6.92 Å². The number of amides is 1. The second kappa shape index (κ2) is 6.48. The van der Waals surface area contributed by atoms with Crippen molar-refractivity contribution < 1.29 is 18.1 Å². The molecule has 2 aromatic carbocycles. The van der Waals surface area contributed by atoms with Crippen molar-refractivity contribution in [3.05, 3.63) is 64.4 Å². The van der Waals surface area contributed by atoms with Crippen LogP contribution in [0.2, 0.25) is 5.02 Å². The van der Waals surface area contributed by atoms with Crippen molar-refractivity contribution in [2.75, 3.05) is 5.32 Å². The van der Waals surface area contributed by atoms with Crippen LogP contribution in [0.3, 0.4) is 0 Å². The van der Waals surface area contributed by atoms with Gasteiger partial charge in [0.1, 0.15) is 28.7 Å². The quantitative estimate of drug-likeness (QED) is 0.532. The van der Waals surface area contributed by atoms with E-state index in [-0.39, 0.29) is 28.0 Å². The van der Waals surface area contributed by atoms with Crippen molar-refractivity contribution in [3.8, 4) is 11.3 Å². The van der Waals surface area contributed by atoms with Crippen LogP contribution in [-0.2, 0) is 0 Å². The molecule has 4 aromatic rings. The molecule has 6 nitrogen and oxygen atoms in total. The van der Waals surface area contributed by atoms with Gasteiger partial charge in [0.2, 0.25) is 5.95 Å². The van der Waals surface area contributed by atoms with E-state index in [1.54, 1.807) is 6.92 Å². The molecule has 0 bridgehead atoms. The Morgan fingerprint density at radius 3 is 2.70 bits per heavy atom. The summed E-state index contributed by atoms with van der Waals surface area (Å²) in [6.45, 7) is 1.59. The number of benzene rings is 2. The van der Waals surface area contributed by atoms with Crippen LogP contribution in [0.15, 0.2) is 40.9 Å². The Labute approximate surface area is 156 Å². The van der Waals surface area contributed by atoms with Crippen LogP contribution in [0.5, 0.6) is 0 Å². The Morgan fingerprint density at radius 2 is 1.96 bits per heavy atom. The van der Waals surface area contributed by atoms with Gasteiger partial charge in [-0.15, -0.1) is 0 Å². The lowest BCUT2D eigenvalue weighted by Crippen LogP contribution is -2.14. The van der Waals surface area contributed by atoms with Crippen LogP contribution in [0.4, 0.5) is 14.7 Å². The van der Waals surface area contributed by atoms with Gasteiger partial charge < -0.3 is 9.51 Å². The zero-order valence-corrected chi connectivity index (χ0v) is 14.6. The van der Waals surface area contributed by atoms with E-state index in [2.05, 4.69) is 20.4 Å². The zero-order valence-electron chi connectivity index (χ0n) is 13.8. The third kappa shape index (κ3) is 3.15. The van der Waals surface area contributed by atoms with Gasteiger partial charge in [-0.25, -0.2) is 13.8 Å². The number of nitrogens with zero attached hydrogens (tertiary/aromatic N) is 2. The molecular weight excluding hydrogens is 378 g/mol. The summed E-state index contributed by atoms with van der Waals surface area (Å²) in [4.78, 5) is 19.7. The van der Waals surface area contributed by atoms with E-state index in [9.17, 15) is 13.6 Å². The number of hydrogen-bond donors (Lipinski definition) is 2. The maximum Gasteiger partial charge on any atom is 0.263 e. The van der Waals surface area contributed by atoms with Gasteiger partial charge in [0.05, 0.1) is 16.1 Å². The van der Waals surface area contributed by atoms with Crippen molar-refractivity contribution >= 4 is 34.5 Å². The molecule has 2 N–H and O–H groups in total. The average molecular weight is 389 g/mol. The normalized spacial score (nSPS) is 11.1. The maximum absolute atomic E-state index is 13.6. The van der Waals surface area contributed by atoms with Gasteiger partial charge >= 0.3 is 0 Å². The summed E-state index contributed by atoms with van der Waals surface area (Å²) in [6, 6.07) is 8.06. The Kier molecular flexibility index (Phi) is 4.12. The van der Waals surface area contributed by atoms with E-state index in [4.69, 9.17) is 16.1 Å². The van der Waals surface area contributed by atoms with Crippen molar-refractivity contribution in [1.29, 1.82) is 0 Å². The molecule has 27 heavy (non-hydrogen) atoms.